The Bertz CT molecular complexity index is 372. The molecule has 82 valence electrons. The van der Waals surface area contributed by atoms with Crippen LogP contribution in [0, 0.1) is 6.92 Å². The first-order valence-corrected chi connectivity index (χ1v) is 5.21. The third kappa shape index (κ3) is 2.29. The zero-order chi connectivity index (χ0) is 11.4. The minimum absolute atomic E-state index is 0.171. The summed E-state index contributed by atoms with van der Waals surface area (Å²) in [4.78, 5) is 11.7. The van der Waals surface area contributed by atoms with Crippen LogP contribution in [0.1, 0.15) is 35.7 Å². The van der Waals surface area contributed by atoms with E-state index in [1.165, 1.54) is 0 Å². The van der Waals surface area contributed by atoms with Gasteiger partial charge in [0.2, 0.25) is 0 Å². The molecule has 0 heterocycles. The van der Waals surface area contributed by atoms with Gasteiger partial charge in [-0.05, 0) is 31.0 Å². The van der Waals surface area contributed by atoms with Crippen molar-refractivity contribution < 1.29 is 4.79 Å². The summed E-state index contributed by atoms with van der Waals surface area (Å²) in [5.41, 5.74) is 9.07. The number of Topliss-reactive ketones (excluding diaryl/α,β-unsaturated/α-hetero) is 1. The van der Waals surface area contributed by atoms with Crippen LogP contribution >= 0.6 is 0 Å². The van der Waals surface area contributed by atoms with Gasteiger partial charge >= 0.3 is 0 Å². The van der Waals surface area contributed by atoms with Crippen molar-refractivity contribution in [1.82, 2.24) is 0 Å². The molecule has 0 amide bonds. The summed E-state index contributed by atoms with van der Waals surface area (Å²) in [5, 5.41) is 3.00. The second-order valence-corrected chi connectivity index (χ2v) is 3.62. The lowest BCUT2D eigenvalue weighted by molar-refractivity contribution is 0.0981. The van der Waals surface area contributed by atoms with Gasteiger partial charge in [0.05, 0.1) is 11.4 Å². The third-order valence-electron chi connectivity index (χ3n) is 2.56. The first-order valence-electron chi connectivity index (χ1n) is 5.21. The van der Waals surface area contributed by atoms with Crippen LogP contribution in [0.2, 0.25) is 0 Å². The number of hydrogen-bond acceptors (Lipinski definition) is 3. The highest BCUT2D eigenvalue weighted by atomic mass is 16.1. The fraction of sp³-hybridized carbons (Fsp3) is 0.417. The molecule has 3 N–H and O–H groups in total. The van der Waals surface area contributed by atoms with E-state index in [2.05, 4.69) is 5.32 Å². The molecule has 0 aliphatic heterocycles. The van der Waals surface area contributed by atoms with E-state index in [9.17, 15) is 4.79 Å². The first-order chi connectivity index (χ1) is 7.11. The molecule has 0 aliphatic carbocycles. The van der Waals surface area contributed by atoms with E-state index in [0.29, 0.717) is 12.1 Å². The normalized spacial score (nSPS) is 10.1. The molecule has 0 saturated heterocycles. The predicted octanol–water partition coefficient (Wildman–Crippen LogP) is 2.60. The van der Waals surface area contributed by atoms with Crippen molar-refractivity contribution >= 4 is 17.2 Å². The van der Waals surface area contributed by atoms with Crippen molar-refractivity contribution in [3.05, 3.63) is 23.3 Å². The van der Waals surface area contributed by atoms with Gasteiger partial charge in [-0.3, -0.25) is 4.79 Å². The minimum Gasteiger partial charge on any atom is -0.397 e. The molecule has 0 unspecified atom stereocenters. The summed E-state index contributed by atoms with van der Waals surface area (Å²) in [5.74, 6) is 0.171. The minimum atomic E-state index is 0.171. The average molecular weight is 206 g/mol. The number of ketones is 1. The van der Waals surface area contributed by atoms with E-state index in [-0.39, 0.29) is 5.78 Å². The Balaban J connectivity index is 3.11. The molecule has 0 fully saturated rings. The number of anilines is 2. The summed E-state index contributed by atoms with van der Waals surface area (Å²) in [6.45, 7) is 3.89. The van der Waals surface area contributed by atoms with E-state index < -0.39 is 0 Å². The highest BCUT2D eigenvalue weighted by Crippen LogP contribution is 2.26. The van der Waals surface area contributed by atoms with Crippen LogP contribution in [0.15, 0.2) is 12.1 Å². The van der Waals surface area contributed by atoms with Crippen LogP contribution in [0.25, 0.3) is 0 Å². The van der Waals surface area contributed by atoms with E-state index in [4.69, 9.17) is 5.73 Å². The zero-order valence-corrected chi connectivity index (χ0v) is 9.55. The Morgan fingerprint density at radius 2 is 2.13 bits per heavy atom. The van der Waals surface area contributed by atoms with E-state index in [0.717, 1.165) is 23.2 Å². The van der Waals surface area contributed by atoms with Crippen LogP contribution < -0.4 is 11.1 Å². The number of benzene rings is 1. The second kappa shape index (κ2) is 4.82. The molecule has 1 rings (SSSR count). The van der Waals surface area contributed by atoms with Gasteiger partial charge in [0.15, 0.2) is 5.78 Å². The van der Waals surface area contributed by atoms with Crippen molar-refractivity contribution in [3.63, 3.8) is 0 Å². The van der Waals surface area contributed by atoms with Crippen LogP contribution in [0.3, 0.4) is 0 Å². The summed E-state index contributed by atoms with van der Waals surface area (Å²) in [6, 6.07) is 3.70. The molecule has 0 bridgehead atoms. The zero-order valence-electron chi connectivity index (χ0n) is 9.55. The molecule has 3 nitrogen and oxygen atoms in total. The van der Waals surface area contributed by atoms with Gasteiger partial charge in [-0.2, -0.15) is 0 Å². The molecule has 1 aromatic carbocycles. The number of rotatable bonds is 4. The van der Waals surface area contributed by atoms with E-state index >= 15 is 0 Å². The summed E-state index contributed by atoms with van der Waals surface area (Å²) < 4.78 is 0. The second-order valence-electron chi connectivity index (χ2n) is 3.62. The molecule has 0 aromatic heterocycles. The smallest absolute Gasteiger partial charge is 0.163 e. The van der Waals surface area contributed by atoms with Gasteiger partial charge in [-0.1, -0.05) is 6.92 Å². The average Bonchev–Trinajstić information content (AvgIpc) is 2.22. The summed E-state index contributed by atoms with van der Waals surface area (Å²) in [7, 11) is 1.82. The Morgan fingerprint density at radius 3 is 2.67 bits per heavy atom. The van der Waals surface area contributed by atoms with Gasteiger partial charge in [0, 0.05) is 19.0 Å². The maximum Gasteiger partial charge on any atom is 0.163 e. The van der Waals surface area contributed by atoms with Gasteiger partial charge < -0.3 is 11.1 Å². The molecule has 0 radical (unpaired) electrons. The number of nitrogens with two attached hydrogens (primary N) is 1. The lowest BCUT2D eigenvalue weighted by atomic mass is 9.99. The van der Waals surface area contributed by atoms with Crippen molar-refractivity contribution in [1.29, 1.82) is 0 Å². The molecule has 0 aliphatic rings. The molecule has 0 saturated carbocycles. The molecular formula is C12H18N2O. The standard InChI is InChI=1S/C12H18N2O/c1-4-5-11(15)9-6-7-10(14-3)12(13)8(9)2/h6-7,14H,4-5,13H2,1-3H3. The highest BCUT2D eigenvalue weighted by Gasteiger charge is 2.11. The monoisotopic (exact) mass is 206 g/mol. The van der Waals surface area contributed by atoms with Gasteiger partial charge in [-0.25, -0.2) is 0 Å². The fourth-order valence-corrected chi connectivity index (χ4v) is 1.61. The van der Waals surface area contributed by atoms with Gasteiger partial charge in [-0.15, -0.1) is 0 Å². The molecule has 15 heavy (non-hydrogen) atoms. The van der Waals surface area contributed by atoms with Crippen LogP contribution in [-0.4, -0.2) is 12.8 Å². The first kappa shape index (κ1) is 11.6. The third-order valence-corrected chi connectivity index (χ3v) is 2.56. The van der Waals surface area contributed by atoms with E-state index in [1.54, 1.807) is 0 Å². The fourth-order valence-electron chi connectivity index (χ4n) is 1.61. The molecule has 0 spiro atoms. The topological polar surface area (TPSA) is 55.1 Å². The number of nitrogen functional groups attached to an aromatic ring is 1. The maximum absolute atomic E-state index is 11.7. The summed E-state index contributed by atoms with van der Waals surface area (Å²) >= 11 is 0. The van der Waals surface area contributed by atoms with Crippen LogP contribution in [-0.2, 0) is 0 Å². The van der Waals surface area contributed by atoms with Crippen molar-refractivity contribution in [2.24, 2.45) is 0 Å². The van der Waals surface area contributed by atoms with Crippen molar-refractivity contribution in [2.45, 2.75) is 26.7 Å². The van der Waals surface area contributed by atoms with E-state index in [1.807, 2.05) is 33.0 Å². The Hall–Kier alpha value is -1.51. The van der Waals surface area contributed by atoms with Gasteiger partial charge in [0.25, 0.3) is 0 Å². The van der Waals surface area contributed by atoms with Gasteiger partial charge in [0.1, 0.15) is 0 Å². The Labute approximate surface area is 90.7 Å². The molecule has 1 aromatic rings. The molecule has 3 heteroatoms. The van der Waals surface area contributed by atoms with Crippen LogP contribution in [0.5, 0.6) is 0 Å². The van der Waals surface area contributed by atoms with Crippen LogP contribution in [0.4, 0.5) is 11.4 Å². The Morgan fingerprint density at radius 1 is 1.47 bits per heavy atom. The lowest BCUT2D eigenvalue weighted by Crippen LogP contribution is -2.06. The number of nitrogens with one attached hydrogen (secondary N) is 1. The SMILES string of the molecule is CCCC(=O)c1ccc(NC)c(N)c1C. The number of hydrogen-bond donors (Lipinski definition) is 2. The molecular weight excluding hydrogens is 188 g/mol. The van der Waals surface area contributed by atoms with Crippen molar-refractivity contribution in [3.8, 4) is 0 Å². The maximum atomic E-state index is 11.7. The van der Waals surface area contributed by atoms with Crippen molar-refractivity contribution in [2.75, 3.05) is 18.1 Å². The Kier molecular flexibility index (Phi) is 3.72. The number of carbonyl (C=O) groups excluding carboxylic acids is 1. The largest absolute Gasteiger partial charge is 0.397 e. The number of carbonyl (C=O) groups is 1. The highest BCUT2D eigenvalue weighted by molar-refractivity contribution is 5.99. The molecule has 0 atom stereocenters. The summed E-state index contributed by atoms with van der Waals surface area (Å²) in [6.07, 6.45) is 1.45. The quantitative estimate of drug-likeness (QED) is 0.588. The predicted molar refractivity (Wildman–Crippen MR) is 64.4 cm³/mol. The lowest BCUT2D eigenvalue weighted by Gasteiger charge is -2.11.